The van der Waals surface area contributed by atoms with Crippen LogP contribution in [0.4, 0.5) is 20.7 Å². The number of ether oxygens (including phenoxy) is 1. The molecule has 1 amide bonds. The van der Waals surface area contributed by atoms with Crippen molar-refractivity contribution in [1.82, 2.24) is 19.3 Å². The van der Waals surface area contributed by atoms with Crippen LogP contribution in [0.3, 0.4) is 0 Å². The van der Waals surface area contributed by atoms with Gasteiger partial charge >= 0.3 is 6.09 Å². The predicted molar refractivity (Wildman–Crippen MR) is 184 cm³/mol. The lowest BCUT2D eigenvalue weighted by atomic mass is 9.92. The van der Waals surface area contributed by atoms with Crippen LogP contribution in [0.25, 0.3) is 22.3 Å². The van der Waals surface area contributed by atoms with E-state index < -0.39 is 27.2 Å². The molecule has 1 atom stereocenters. The van der Waals surface area contributed by atoms with Gasteiger partial charge in [-0.3, -0.25) is 9.12 Å². The summed E-state index contributed by atoms with van der Waals surface area (Å²) in [7, 11) is -2.20. The molecule has 0 radical (unpaired) electrons. The summed E-state index contributed by atoms with van der Waals surface area (Å²) in [5.41, 5.74) is 9.32. The molecule has 0 bridgehead atoms. The average Bonchev–Trinajstić information content (AvgIpc) is 3.40. The van der Waals surface area contributed by atoms with Crippen molar-refractivity contribution in [2.75, 3.05) is 17.5 Å². The number of hydrogen-bond acceptors (Lipinski definition) is 7. The van der Waals surface area contributed by atoms with Crippen molar-refractivity contribution >= 4 is 50.3 Å². The van der Waals surface area contributed by atoms with Gasteiger partial charge in [0.1, 0.15) is 34.3 Å². The third kappa shape index (κ3) is 7.54. The van der Waals surface area contributed by atoms with E-state index in [1.54, 1.807) is 48.5 Å². The molecule has 1 aliphatic carbocycles. The third-order valence-corrected chi connectivity index (χ3v) is 9.57. The number of benzene rings is 2. The molecule has 0 spiro atoms. The summed E-state index contributed by atoms with van der Waals surface area (Å²) >= 11 is 6.13. The summed E-state index contributed by atoms with van der Waals surface area (Å²) in [6.45, 7) is 9.55. The molecule has 1 aliphatic rings. The Morgan fingerprint density at radius 1 is 1.23 bits per heavy atom. The van der Waals surface area contributed by atoms with Crippen molar-refractivity contribution in [3.05, 3.63) is 82.7 Å². The minimum absolute atomic E-state index is 0.0164. The summed E-state index contributed by atoms with van der Waals surface area (Å²) in [4.78, 5) is 23.7. The number of aromatic nitrogens is 3. The number of hydrogen-bond donors (Lipinski definition) is 2. The number of anilines is 2. The van der Waals surface area contributed by atoms with Gasteiger partial charge in [0.15, 0.2) is 0 Å². The lowest BCUT2D eigenvalue weighted by Gasteiger charge is -2.32. The Morgan fingerprint density at radius 3 is 2.57 bits per heavy atom. The zero-order chi connectivity index (χ0) is 34.3. The molecule has 2 heterocycles. The maximum Gasteiger partial charge on any atom is 0.410 e. The summed E-state index contributed by atoms with van der Waals surface area (Å²) in [5, 5.41) is 0.309. The van der Waals surface area contributed by atoms with Gasteiger partial charge in [-0.25, -0.2) is 27.6 Å². The van der Waals surface area contributed by atoms with E-state index in [1.807, 2.05) is 39.0 Å². The van der Waals surface area contributed by atoms with Crippen LogP contribution in [-0.2, 0) is 20.5 Å². The summed E-state index contributed by atoms with van der Waals surface area (Å²) in [6, 6.07) is 10.8. The molecular weight excluding hydrogens is 643 g/mol. The Morgan fingerprint density at radius 2 is 1.96 bits per heavy atom. The monoisotopic (exact) mass is 682 g/mol. The molecule has 0 saturated heterocycles. The predicted octanol–water partition coefficient (Wildman–Crippen LogP) is 7.64. The molecule has 4 aromatic rings. The van der Waals surface area contributed by atoms with Gasteiger partial charge in [0.2, 0.25) is 10.0 Å². The van der Waals surface area contributed by atoms with Crippen LogP contribution in [0.1, 0.15) is 76.9 Å². The van der Waals surface area contributed by atoms with Crippen LogP contribution < -0.4 is 10.5 Å². The minimum atomic E-state index is -3.96. The van der Waals surface area contributed by atoms with Crippen molar-refractivity contribution in [2.24, 2.45) is 0 Å². The third-order valence-electron chi connectivity index (χ3n) is 7.98. The van der Waals surface area contributed by atoms with E-state index >= 15 is 4.39 Å². The van der Waals surface area contributed by atoms with Gasteiger partial charge in [0.25, 0.3) is 0 Å². The molecule has 0 fully saturated rings. The van der Waals surface area contributed by atoms with Crippen molar-refractivity contribution in [2.45, 2.75) is 77.2 Å². The van der Waals surface area contributed by atoms with Crippen LogP contribution in [0.5, 0.6) is 0 Å². The number of allylic oxidation sites excluding steroid dienone is 1. The number of imidazole rings is 1. The summed E-state index contributed by atoms with van der Waals surface area (Å²) in [6.07, 6.45) is 5.51. The highest BCUT2D eigenvalue weighted by Gasteiger charge is 2.29. The van der Waals surface area contributed by atoms with Crippen LogP contribution in [0, 0.1) is 5.82 Å². The summed E-state index contributed by atoms with van der Waals surface area (Å²) < 4.78 is 51.1. The van der Waals surface area contributed by atoms with Crippen LogP contribution in [-0.4, -0.2) is 52.5 Å². The molecular formula is C34H40ClFN6O4S. The van der Waals surface area contributed by atoms with Crippen LogP contribution >= 0.6 is 11.6 Å². The molecule has 2 aromatic carbocycles. The van der Waals surface area contributed by atoms with Crippen LogP contribution in [0.15, 0.2) is 54.7 Å². The van der Waals surface area contributed by atoms with Crippen molar-refractivity contribution in [3.8, 4) is 11.3 Å². The first-order chi connectivity index (χ1) is 22.0. The second kappa shape index (κ2) is 13.2. The van der Waals surface area contributed by atoms with Gasteiger partial charge in [0, 0.05) is 29.6 Å². The number of halogens is 2. The zero-order valence-electron chi connectivity index (χ0n) is 27.3. The standard InChI is InChI=1S/C34H40ClFN6O4S/c1-20(2)32-39-29(22-13-16-27(26(36)17-22)40-47(44,45)19-23-9-7-8-10-25(23)35)30-31(37)38-18-28(42(30)32)21-11-14-24(15-12-21)41(6)33(43)46-34(3,4)5/h7-11,13,16-18,20,24,40H,12,14-15,19H2,1-6H3,(H2,37,38). The Labute approximate surface area is 279 Å². The van der Waals surface area contributed by atoms with Crippen molar-refractivity contribution < 1.29 is 22.3 Å². The maximum atomic E-state index is 15.5. The average molecular weight is 683 g/mol. The van der Waals surface area contributed by atoms with E-state index in [9.17, 15) is 13.2 Å². The fraction of sp³-hybridized carbons (Fsp3) is 0.382. The maximum absolute atomic E-state index is 15.5. The number of nitrogens with zero attached hydrogens (tertiary/aromatic N) is 4. The number of carbonyl (C=O) groups is 1. The lowest BCUT2D eigenvalue weighted by molar-refractivity contribution is 0.0215. The van der Waals surface area contributed by atoms with Crippen molar-refractivity contribution in [1.29, 1.82) is 0 Å². The van der Waals surface area contributed by atoms with Gasteiger partial charge in [-0.05, 0) is 69.4 Å². The van der Waals surface area contributed by atoms with Crippen LogP contribution in [0.2, 0.25) is 5.02 Å². The van der Waals surface area contributed by atoms with E-state index in [1.165, 1.54) is 12.1 Å². The second-order valence-corrected chi connectivity index (χ2v) is 15.2. The quantitative estimate of drug-likeness (QED) is 0.195. The van der Waals surface area contributed by atoms with E-state index in [2.05, 4.69) is 15.8 Å². The minimum Gasteiger partial charge on any atom is -0.444 e. The van der Waals surface area contributed by atoms with Gasteiger partial charge < -0.3 is 15.4 Å². The second-order valence-electron chi connectivity index (χ2n) is 13.1. The number of nitrogens with two attached hydrogens (primary N) is 1. The molecule has 250 valence electrons. The number of carbonyl (C=O) groups excluding carboxylic acids is 1. The highest BCUT2D eigenvalue weighted by atomic mass is 35.5. The van der Waals surface area contributed by atoms with E-state index in [-0.39, 0.29) is 29.6 Å². The molecule has 47 heavy (non-hydrogen) atoms. The number of sulfonamides is 1. The molecule has 3 N–H and O–H groups in total. The molecule has 0 aliphatic heterocycles. The molecule has 2 aromatic heterocycles. The largest absolute Gasteiger partial charge is 0.444 e. The Kier molecular flexibility index (Phi) is 9.57. The Balaban J connectivity index is 1.46. The Hall–Kier alpha value is -4.16. The SMILES string of the molecule is CC(C)c1nc(-c2ccc(NS(=O)(=O)Cc3ccccc3Cl)c(F)c2)c2c(N)ncc(C3=CCC(N(C)C(=O)OC(C)(C)C)CC3)n12. The smallest absolute Gasteiger partial charge is 0.410 e. The number of nitrogens with one attached hydrogen (secondary N) is 1. The zero-order valence-corrected chi connectivity index (χ0v) is 28.9. The highest BCUT2D eigenvalue weighted by molar-refractivity contribution is 7.91. The first-order valence-corrected chi connectivity index (χ1v) is 17.4. The fourth-order valence-electron chi connectivity index (χ4n) is 5.64. The number of nitrogen functional groups attached to an aromatic ring is 1. The molecule has 0 saturated carbocycles. The Bertz CT molecular complexity index is 1970. The number of amides is 1. The lowest BCUT2D eigenvalue weighted by Crippen LogP contribution is -2.41. The summed E-state index contributed by atoms with van der Waals surface area (Å²) in [5.74, 6) is -0.246. The first kappa shape index (κ1) is 34.2. The number of rotatable bonds is 8. The van der Waals surface area contributed by atoms with E-state index in [0.29, 0.717) is 40.2 Å². The first-order valence-electron chi connectivity index (χ1n) is 15.4. The van der Waals surface area contributed by atoms with Gasteiger partial charge in [-0.1, -0.05) is 55.8 Å². The molecule has 10 nitrogen and oxygen atoms in total. The molecule has 1 unspecified atom stereocenters. The van der Waals surface area contributed by atoms with Gasteiger partial charge in [-0.15, -0.1) is 0 Å². The van der Waals surface area contributed by atoms with Crippen molar-refractivity contribution in [3.63, 3.8) is 0 Å². The molecule has 5 rings (SSSR count). The normalized spacial score (nSPS) is 15.5. The number of fused-ring (bicyclic) bond motifs is 1. The van der Waals surface area contributed by atoms with Gasteiger partial charge in [-0.2, -0.15) is 0 Å². The van der Waals surface area contributed by atoms with Gasteiger partial charge in [0.05, 0.1) is 23.3 Å². The fourth-order valence-corrected chi connectivity index (χ4v) is 7.15. The van der Waals surface area contributed by atoms with E-state index in [4.69, 9.17) is 27.1 Å². The highest BCUT2D eigenvalue weighted by Crippen LogP contribution is 2.37. The molecule has 13 heteroatoms. The van der Waals surface area contributed by atoms with E-state index in [0.717, 1.165) is 23.5 Å². The topological polar surface area (TPSA) is 132 Å².